The fraction of sp³-hybridized carbons (Fsp3) is 0.812. The summed E-state index contributed by atoms with van der Waals surface area (Å²) in [6.45, 7) is 2.75. The Bertz CT molecular complexity index is 497. The SMILES string of the molecule is CCCC(=O)OC1O[C@H](CO)[C@@H](O)[C@@](O)(C(=O)CCC)[C@H]1CC(N)=O. The second kappa shape index (κ2) is 9.23. The number of hydrogen-bond donors (Lipinski definition) is 4. The van der Waals surface area contributed by atoms with E-state index >= 15 is 0 Å². The first kappa shape index (κ1) is 21.5. The number of amides is 1. The fourth-order valence-electron chi connectivity index (χ4n) is 2.96. The predicted molar refractivity (Wildman–Crippen MR) is 84.9 cm³/mol. The second-order valence-electron chi connectivity index (χ2n) is 6.19. The molecule has 0 aromatic rings. The summed E-state index contributed by atoms with van der Waals surface area (Å²) < 4.78 is 10.5. The van der Waals surface area contributed by atoms with Crippen LogP contribution >= 0.6 is 0 Å². The van der Waals surface area contributed by atoms with Crippen molar-refractivity contribution in [3.8, 4) is 0 Å². The summed E-state index contributed by atoms with van der Waals surface area (Å²) in [6.07, 6.45) is -4.29. The van der Waals surface area contributed by atoms with Crippen LogP contribution in [0.2, 0.25) is 0 Å². The van der Waals surface area contributed by atoms with Gasteiger partial charge in [0.15, 0.2) is 11.4 Å². The number of aliphatic hydroxyl groups excluding tert-OH is 2. The first-order valence-electron chi connectivity index (χ1n) is 8.40. The molecular weight excluding hydrogens is 334 g/mol. The molecule has 1 amide bonds. The average Bonchev–Trinajstić information content (AvgIpc) is 2.54. The molecule has 0 aromatic heterocycles. The van der Waals surface area contributed by atoms with Gasteiger partial charge in [-0.1, -0.05) is 13.8 Å². The Morgan fingerprint density at radius 2 is 1.80 bits per heavy atom. The van der Waals surface area contributed by atoms with Crippen molar-refractivity contribution in [1.29, 1.82) is 0 Å². The molecule has 0 bridgehead atoms. The molecule has 1 rings (SSSR count). The zero-order chi connectivity index (χ0) is 19.2. The zero-order valence-corrected chi connectivity index (χ0v) is 14.5. The largest absolute Gasteiger partial charge is 0.435 e. The highest BCUT2D eigenvalue weighted by atomic mass is 16.7. The third-order valence-corrected chi connectivity index (χ3v) is 4.23. The number of hydrogen-bond acceptors (Lipinski definition) is 8. The predicted octanol–water partition coefficient (Wildman–Crippen LogP) is -1.00. The molecule has 9 heteroatoms. The second-order valence-corrected chi connectivity index (χ2v) is 6.19. The minimum absolute atomic E-state index is 0.0663. The van der Waals surface area contributed by atoms with Crippen LogP contribution in [-0.4, -0.2) is 63.7 Å². The maximum Gasteiger partial charge on any atom is 0.308 e. The quantitative estimate of drug-likeness (QED) is 0.381. The molecule has 1 saturated heterocycles. The molecule has 0 saturated carbocycles. The number of ether oxygens (including phenoxy) is 2. The van der Waals surface area contributed by atoms with Crippen molar-refractivity contribution >= 4 is 17.7 Å². The smallest absolute Gasteiger partial charge is 0.308 e. The summed E-state index contributed by atoms with van der Waals surface area (Å²) in [5.41, 5.74) is 2.77. The summed E-state index contributed by atoms with van der Waals surface area (Å²) in [4.78, 5) is 35.7. The van der Waals surface area contributed by atoms with Crippen LogP contribution < -0.4 is 5.73 Å². The van der Waals surface area contributed by atoms with Gasteiger partial charge in [-0.2, -0.15) is 0 Å². The zero-order valence-electron chi connectivity index (χ0n) is 14.5. The highest BCUT2D eigenvalue weighted by molar-refractivity contribution is 5.89. The maximum atomic E-state index is 12.5. The first-order chi connectivity index (χ1) is 11.7. The Morgan fingerprint density at radius 3 is 2.28 bits per heavy atom. The molecule has 0 aromatic carbocycles. The molecule has 1 heterocycles. The number of esters is 1. The van der Waals surface area contributed by atoms with Gasteiger partial charge >= 0.3 is 5.97 Å². The topological polar surface area (TPSA) is 156 Å². The number of aliphatic hydroxyl groups is 3. The van der Waals surface area contributed by atoms with Gasteiger partial charge < -0.3 is 30.5 Å². The van der Waals surface area contributed by atoms with Gasteiger partial charge in [0.05, 0.1) is 12.5 Å². The molecule has 5 atom stereocenters. The molecule has 1 aliphatic rings. The van der Waals surface area contributed by atoms with Crippen molar-refractivity contribution in [3.05, 3.63) is 0 Å². The van der Waals surface area contributed by atoms with E-state index < -0.39 is 60.7 Å². The van der Waals surface area contributed by atoms with E-state index in [9.17, 15) is 29.7 Å². The molecule has 0 radical (unpaired) electrons. The van der Waals surface area contributed by atoms with Crippen LogP contribution in [0, 0.1) is 5.92 Å². The third kappa shape index (κ3) is 4.75. The number of nitrogens with two attached hydrogens (primary N) is 1. The summed E-state index contributed by atoms with van der Waals surface area (Å²) in [7, 11) is 0. The number of carbonyl (C=O) groups is 3. The van der Waals surface area contributed by atoms with E-state index in [1.54, 1.807) is 13.8 Å². The molecule has 0 spiro atoms. The number of primary amides is 1. The maximum absolute atomic E-state index is 12.5. The number of carbonyl (C=O) groups excluding carboxylic acids is 3. The molecular formula is C16H27NO8. The number of rotatable bonds is 9. The van der Waals surface area contributed by atoms with Gasteiger partial charge in [-0.05, 0) is 12.8 Å². The molecule has 25 heavy (non-hydrogen) atoms. The summed E-state index contributed by atoms with van der Waals surface area (Å²) >= 11 is 0. The fourth-order valence-corrected chi connectivity index (χ4v) is 2.96. The van der Waals surface area contributed by atoms with E-state index in [0.29, 0.717) is 12.8 Å². The molecule has 9 nitrogen and oxygen atoms in total. The van der Waals surface area contributed by atoms with Gasteiger partial charge in [-0.3, -0.25) is 14.4 Å². The van der Waals surface area contributed by atoms with Crippen molar-refractivity contribution in [3.63, 3.8) is 0 Å². The van der Waals surface area contributed by atoms with Crippen molar-refractivity contribution in [2.75, 3.05) is 6.61 Å². The van der Waals surface area contributed by atoms with Crippen LogP contribution in [0.4, 0.5) is 0 Å². The normalized spacial score (nSPS) is 32.2. The third-order valence-electron chi connectivity index (χ3n) is 4.23. The average molecular weight is 361 g/mol. The molecule has 1 aliphatic heterocycles. The van der Waals surface area contributed by atoms with Gasteiger partial charge in [0, 0.05) is 19.3 Å². The molecule has 1 fully saturated rings. The van der Waals surface area contributed by atoms with Crippen LogP contribution in [-0.2, 0) is 23.9 Å². The van der Waals surface area contributed by atoms with E-state index in [-0.39, 0.29) is 12.8 Å². The van der Waals surface area contributed by atoms with Crippen LogP contribution in [0.5, 0.6) is 0 Å². The first-order valence-corrected chi connectivity index (χ1v) is 8.40. The van der Waals surface area contributed by atoms with Gasteiger partial charge in [-0.15, -0.1) is 0 Å². The molecule has 1 unspecified atom stereocenters. The lowest BCUT2D eigenvalue weighted by molar-refractivity contribution is -0.300. The summed E-state index contributed by atoms with van der Waals surface area (Å²) in [6, 6.07) is 0. The van der Waals surface area contributed by atoms with Crippen molar-refractivity contribution < 1.29 is 39.2 Å². The Balaban J connectivity index is 3.27. The van der Waals surface area contributed by atoms with E-state index in [1.165, 1.54) is 0 Å². The van der Waals surface area contributed by atoms with Crippen molar-refractivity contribution in [2.24, 2.45) is 11.7 Å². The van der Waals surface area contributed by atoms with E-state index in [4.69, 9.17) is 15.2 Å². The van der Waals surface area contributed by atoms with Crippen molar-refractivity contribution in [2.45, 2.75) is 70.1 Å². The van der Waals surface area contributed by atoms with Gasteiger partial charge in [0.1, 0.15) is 12.2 Å². The summed E-state index contributed by atoms with van der Waals surface area (Å²) in [5.74, 6) is -3.61. The van der Waals surface area contributed by atoms with Crippen LogP contribution in [0.15, 0.2) is 0 Å². The Labute approximate surface area is 146 Å². The van der Waals surface area contributed by atoms with E-state index in [0.717, 1.165) is 0 Å². The highest BCUT2D eigenvalue weighted by Crippen LogP contribution is 2.39. The lowest BCUT2D eigenvalue weighted by atomic mass is 9.72. The highest BCUT2D eigenvalue weighted by Gasteiger charge is 2.60. The van der Waals surface area contributed by atoms with Gasteiger partial charge in [0.2, 0.25) is 12.2 Å². The van der Waals surface area contributed by atoms with Crippen LogP contribution in [0.25, 0.3) is 0 Å². The Hall–Kier alpha value is -1.55. The molecule has 5 N–H and O–H groups in total. The number of ketones is 1. The Kier molecular flexibility index (Phi) is 7.94. The molecule has 144 valence electrons. The summed E-state index contributed by atoms with van der Waals surface area (Å²) in [5, 5.41) is 30.7. The van der Waals surface area contributed by atoms with E-state index in [2.05, 4.69) is 0 Å². The number of Topliss-reactive ketones (excluding diaryl/α,β-unsaturated/α-hetero) is 1. The lowest BCUT2D eigenvalue weighted by Gasteiger charge is -2.48. The van der Waals surface area contributed by atoms with Crippen molar-refractivity contribution in [1.82, 2.24) is 0 Å². The lowest BCUT2D eigenvalue weighted by Crippen LogP contribution is -2.68. The minimum Gasteiger partial charge on any atom is -0.435 e. The minimum atomic E-state index is -2.42. The molecule has 0 aliphatic carbocycles. The van der Waals surface area contributed by atoms with Gasteiger partial charge in [-0.25, -0.2) is 0 Å². The van der Waals surface area contributed by atoms with Crippen LogP contribution in [0.3, 0.4) is 0 Å². The van der Waals surface area contributed by atoms with E-state index in [1.807, 2.05) is 0 Å². The Morgan fingerprint density at radius 1 is 1.20 bits per heavy atom. The van der Waals surface area contributed by atoms with Gasteiger partial charge in [0.25, 0.3) is 0 Å². The van der Waals surface area contributed by atoms with Crippen LogP contribution in [0.1, 0.15) is 46.0 Å². The monoisotopic (exact) mass is 361 g/mol. The standard InChI is InChI=1S/C16H27NO8/c1-3-5-11(19)16(23)9(7-12(17)20)15(25-13(21)6-4-2)24-10(8-18)14(16)22/h9-10,14-15,18,22-23H,3-8H2,1-2H3,(H2,17,20)/t9-,10+,14+,15?,16-/m0/s1.